The highest BCUT2D eigenvalue weighted by Crippen LogP contribution is 2.46. The van der Waals surface area contributed by atoms with Crippen molar-refractivity contribution in [2.24, 2.45) is 0 Å². The second-order valence-corrected chi connectivity index (χ2v) is 9.63. The van der Waals surface area contributed by atoms with E-state index < -0.39 is 11.7 Å². The van der Waals surface area contributed by atoms with Crippen LogP contribution in [0.2, 0.25) is 10.0 Å². The van der Waals surface area contributed by atoms with E-state index in [9.17, 15) is 9.59 Å². The Balaban J connectivity index is 0.00000199. The molecule has 1 aliphatic rings. The van der Waals surface area contributed by atoms with E-state index in [0.717, 1.165) is 16.5 Å². The number of hydrogen-bond acceptors (Lipinski definition) is 6. The first-order chi connectivity index (χ1) is 15.9. The lowest BCUT2D eigenvalue weighted by atomic mass is 10.00. The molecule has 0 spiro atoms. The molecular formula is C24H34Cl2N4O4. The summed E-state index contributed by atoms with van der Waals surface area (Å²) in [6, 6.07) is 1.53. The zero-order chi connectivity index (χ0) is 26.0. The summed E-state index contributed by atoms with van der Waals surface area (Å²) < 4.78 is 10.6. The number of methoxy groups -OCH3 is 1. The van der Waals surface area contributed by atoms with Gasteiger partial charge in [0.1, 0.15) is 28.7 Å². The number of carbonyl (C=O) groups is 2. The third-order valence-electron chi connectivity index (χ3n) is 5.21. The number of rotatable bonds is 4. The number of fused-ring (bicyclic) bond motifs is 3. The van der Waals surface area contributed by atoms with E-state index >= 15 is 0 Å². The minimum atomic E-state index is -0.644. The van der Waals surface area contributed by atoms with Crippen molar-refractivity contribution in [3.8, 4) is 5.75 Å². The molecule has 1 aromatic heterocycles. The summed E-state index contributed by atoms with van der Waals surface area (Å²) in [6.45, 7) is 11.4. The summed E-state index contributed by atoms with van der Waals surface area (Å²) in [5.41, 5.74) is 1.75. The molecule has 0 saturated carbocycles. The average Bonchev–Trinajstić information content (AvgIpc) is 3.11. The number of aromatic nitrogens is 1. The Morgan fingerprint density at radius 3 is 2.38 bits per heavy atom. The van der Waals surface area contributed by atoms with Crippen molar-refractivity contribution >= 4 is 51.9 Å². The molecule has 0 unspecified atom stereocenters. The van der Waals surface area contributed by atoms with E-state index in [4.69, 9.17) is 37.7 Å². The number of alkyl carbamates (subject to hydrolysis) is 1. The number of halogens is 2. The van der Waals surface area contributed by atoms with Crippen LogP contribution in [0.5, 0.6) is 5.75 Å². The Labute approximate surface area is 211 Å². The number of nitrogens with zero attached hydrogens (tertiary/aromatic N) is 3. The van der Waals surface area contributed by atoms with Crippen LogP contribution in [-0.2, 0) is 16.1 Å². The van der Waals surface area contributed by atoms with Crippen molar-refractivity contribution in [1.82, 2.24) is 15.2 Å². The van der Waals surface area contributed by atoms with Crippen molar-refractivity contribution in [2.45, 2.75) is 59.7 Å². The molecule has 0 fully saturated rings. The van der Waals surface area contributed by atoms with Crippen LogP contribution in [0.4, 0.5) is 10.6 Å². The van der Waals surface area contributed by atoms with Gasteiger partial charge in [0.25, 0.3) is 0 Å². The van der Waals surface area contributed by atoms with Crippen LogP contribution >= 0.6 is 23.2 Å². The van der Waals surface area contributed by atoms with E-state index in [2.05, 4.69) is 5.32 Å². The lowest BCUT2D eigenvalue weighted by Gasteiger charge is -2.24. The van der Waals surface area contributed by atoms with Crippen LogP contribution in [-0.4, -0.2) is 55.2 Å². The van der Waals surface area contributed by atoms with E-state index in [0.29, 0.717) is 33.7 Å². The maximum Gasteiger partial charge on any atom is 0.408 e. The van der Waals surface area contributed by atoms with Crippen LogP contribution in [0.25, 0.3) is 10.9 Å². The number of nitrogens with one attached hydrogen (secondary N) is 1. The van der Waals surface area contributed by atoms with Gasteiger partial charge in [-0.05, 0) is 39.3 Å². The van der Waals surface area contributed by atoms with Gasteiger partial charge in [0.2, 0.25) is 5.91 Å². The monoisotopic (exact) mass is 512 g/mol. The van der Waals surface area contributed by atoms with Crippen LogP contribution in [0.1, 0.15) is 58.7 Å². The molecule has 188 valence electrons. The van der Waals surface area contributed by atoms with Crippen LogP contribution in [0.15, 0.2) is 6.07 Å². The fourth-order valence-corrected chi connectivity index (χ4v) is 4.30. The highest BCUT2D eigenvalue weighted by molar-refractivity contribution is 6.46. The lowest BCUT2D eigenvalue weighted by Crippen LogP contribution is -2.40. The van der Waals surface area contributed by atoms with Gasteiger partial charge in [-0.15, -0.1) is 0 Å². The van der Waals surface area contributed by atoms with Gasteiger partial charge in [0.15, 0.2) is 0 Å². The minimum Gasteiger partial charge on any atom is -0.495 e. The third-order valence-corrected chi connectivity index (χ3v) is 6.05. The second-order valence-electron chi connectivity index (χ2n) is 8.88. The second kappa shape index (κ2) is 10.9. The van der Waals surface area contributed by atoms with Crippen LogP contribution < -0.4 is 15.0 Å². The molecule has 1 N–H and O–H groups in total. The number of pyridine rings is 1. The topological polar surface area (TPSA) is 84.0 Å². The Kier molecular flexibility index (Phi) is 8.88. The number of benzene rings is 1. The Bertz CT molecular complexity index is 1080. The summed E-state index contributed by atoms with van der Waals surface area (Å²) in [4.78, 5) is 33.3. The molecule has 8 nitrogen and oxygen atoms in total. The van der Waals surface area contributed by atoms with Crippen LogP contribution in [0, 0.1) is 0 Å². The predicted molar refractivity (Wildman–Crippen MR) is 137 cm³/mol. The first-order valence-electron chi connectivity index (χ1n) is 11.2. The highest BCUT2D eigenvalue weighted by Gasteiger charge is 2.36. The van der Waals surface area contributed by atoms with E-state index in [1.165, 1.54) is 7.11 Å². The standard InChI is InChI=1S/C22H28Cl2N4O4.C2H6/c1-11-16-12-8-14(31-7)17(23)18(24)19(12)26-20(27(5)6)13(16)10-28(11)15(29)9-25-21(30)32-22(2,3)4;1-2/h8,11H,9-10H2,1-7H3,(H,25,30);1-2H3/t11-;/m0./s1. The zero-order valence-electron chi connectivity index (χ0n) is 21.3. The Hall–Kier alpha value is -2.45. The summed E-state index contributed by atoms with van der Waals surface area (Å²) >= 11 is 12.9. The molecule has 1 aromatic carbocycles. The van der Waals surface area contributed by atoms with Gasteiger partial charge in [-0.3, -0.25) is 4.79 Å². The van der Waals surface area contributed by atoms with Gasteiger partial charge >= 0.3 is 6.09 Å². The SMILES string of the molecule is CC.COc1cc2c3c(c(N(C)C)nc2c(Cl)c1Cl)CN(C(=O)CNC(=O)OC(C)(C)C)[C@H]3C. The van der Waals surface area contributed by atoms with Crippen molar-refractivity contribution < 1.29 is 19.1 Å². The molecule has 0 aliphatic carbocycles. The lowest BCUT2D eigenvalue weighted by molar-refractivity contribution is -0.132. The van der Waals surface area contributed by atoms with Crippen molar-refractivity contribution in [3.05, 3.63) is 27.2 Å². The smallest absolute Gasteiger partial charge is 0.408 e. The first-order valence-corrected chi connectivity index (χ1v) is 11.9. The first kappa shape index (κ1) is 27.8. The predicted octanol–water partition coefficient (Wildman–Crippen LogP) is 5.57. The maximum atomic E-state index is 13.0. The number of anilines is 1. The van der Waals surface area contributed by atoms with Gasteiger partial charge in [-0.25, -0.2) is 9.78 Å². The number of amides is 2. The number of hydrogen-bond donors (Lipinski definition) is 1. The van der Waals surface area contributed by atoms with Crippen molar-refractivity contribution in [1.29, 1.82) is 0 Å². The molecule has 2 aromatic rings. The van der Waals surface area contributed by atoms with Gasteiger partial charge in [-0.1, -0.05) is 37.0 Å². The van der Waals surface area contributed by atoms with Gasteiger partial charge in [0, 0.05) is 25.0 Å². The minimum absolute atomic E-state index is 0.175. The molecular weight excluding hydrogens is 479 g/mol. The molecule has 10 heteroatoms. The quantitative estimate of drug-likeness (QED) is 0.576. The van der Waals surface area contributed by atoms with E-state index in [-0.39, 0.29) is 18.5 Å². The van der Waals surface area contributed by atoms with Crippen LogP contribution in [0.3, 0.4) is 0 Å². The van der Waals surface area contributed by atoms with Crippen molar-refractivity contribution in [3.63, 3.8) is 0 Å². The highest BCUT2D eigenvalue weighted by atomic mass is 35.5. The molecule has 0 saturated heterocycles. The van der Waals surface area contributed by atoms with Crippen molar-refractivity contribution in [2.75, 3.05) is 32.6 Å². The van der Waals surface area contributed by atoms with Gasteiger partial charge in [-0.2, -0.15) is 0 Å². The van der Waals surface area contributed by atoms with E-state index in [1.54, 1.807) is 31.7 Å². The molecule has 0 bridgehead atoms. The maximum absolute atomic E-state index is 13.0. The third kappa shape index (κ3) is 5.61. The fourth-order valence-electron chi connectivity index (χ4n) is 3.85. The molecule has 1 aliphatic heterocycles. The Morgan fingerprint density at radius 2 is 1.85 bits per heavy atom. The summed E-state index contributed by atoms with van der Waals surface area (Å²) in [7, 11) is 5.28. The van der Waals surface area contributed by atoms with Gasteiger partial charge in [0.05, 0.1) is 30.2 Å². The number of carbonyl (C=O) groups excluding carboxylic acids is 2. The molecule has 3 rings (SSSR count). The summed E-state index contributed by atoms with van der Waals surface area (Å²) in [5.74, 6) is 0.914. The Morgan fingerprint density at radius 1 is 1.24 bits per heavy atom. The zero-order valence-corrected chi connectivity index (χ0v) is 22.8. The van der Waals surface area contributed by atoms with Gasteiger partial charge < -0.3 is 24.6 Å². The fraction of sp³-hybridized carbons (Fsp3) is 0.542. The molecule has 0 radical (unpaired) electrons. The molecule has 2 heterocycles. The normalized spacial score (nSPS) is 14.8. The van der Waals surface area contributed by atoms with E-state index in [1.807, 2.05) is 39.8 Å². The molecule has 34 heavy (non-hydrogen) atoms. The summed E-state index contributed by atoms with van der Waals surface area (Å²) in [6.07, 6.45) is -0.637. The molecule has 2 amide bonds. The number of ether oxygens (including phenoxy) is 2. The average molecular weight is 513 g/mol. The summed E-state index contributed by atoms with van der Waals surface area (Å²) in [5, 5.41) is 3.91. The largest absolute Gasteiger partial charge is 0.495 e. The molecule has 1 atom stereocenters.